The van der Waals surface area contributed by atoms with Crippen molar-refractivity contribution in [3.05, 3.63) is 40.6 Å². The molecule has 1 aromatic heterocycles. The van der Waals surface area contributed by atoms with Crippen molar-refractivity contribution in [1.82, 2.24) is 0 Å². The lowest BCUT2D eigenvalue weighted by Crippen LogP contribution is -2.60. The summed E-state index contributed by atoms with van der Waals surface area (Å²) < 4.78 is 27.9. The van der Waals surface area contributed by atoms with Crippen molar-refractivity contribution in [2.45, 2.75) is 30.7 Å². The van der Waals surface area contributed by atoms with E-state index in [0.717, 1.165) is 0 Å². The normalized spacial score (nSPS) is 28.2. The van der Waals surface area contributed by atoms with Gasteiger partial charge in [0.2, 0.25) is 24.3 Å². The molecule has 158 valence electrons. The van der Waals surface area contributed by atoms with E-state index in [2.05, 4.69) is 0 Å². The van der Waals surface area contributed by atoms with Crippen molar-refractivity contribution in [2.75, 3.05) is 13.4 Å². The summed E-state index contributed by atoms with van der Waals surface area (Å²) in [5.74, 6) is 0.284. The molecule has 5 atom stereocenters. The SMILES string of the molecule is O=c1c2ccccc2oc2cc3c(c(OC4OC(CO)C(O)C(O)C4O)c12)OCO3. The van der Waals surface area contributed by atoms with E-state index >= 15 is 0 Å². The van der Waals surface area contributed by atoms with E-state index in [1.165, 1.54) is 6.07 Å². The molecule has 2 aromatic carbocycles. The third-order valence-electron chi connectivity index (χ3n) is 5.24. The summed E-state index contributed by atoms with van der Waals surface area (Å²) >= 11 is 0. The van der Waals surface area contributed by atoms with Gasteiger partial charge >= 0.3 is 0 Å². The predicted octanol–water partition coefficient (Wildman–Crippen LogP) is -0.146. The minimum Gasteiger partial charge on any atom is -0.457 e. The molecular weight excluding hydrogens is 400 g/mol. The van der Waals surface area contributed by atoms with Gasteiger partial charge in [-0.2, -0.15) is 0 Å². The van der Waals surface area contributed by atoms with E-state index < -0.39 is 42.7 Å². The lowest BCUT2D eigenvalue weighted by Gasteiger charge is -2.39. The Hall–Kier alpha value is -2.89. The first-order valence-corrected chi connectivity index (χ1v) is 9.25. The molecule has 2 aliphatic heterocycles. The Morgan fingerprint density at radius 3 is 2.63 bits per heavy atom. The van der Waals surface area contributed by atoms with Crippen molar-refractivity contribution in [2.24, 2.45) is 0 Å². The van der Waals surface area contributed by atoms with E-state index in [1.54, 1.807) is 24.3 Å². The Morgan fingerprint density at radius 2 is 1.83 bits per heavy atom. The van der Waals surface area contributed by atoms with Gasteiger partial charge in [0.1, 0.15) is 41.0 Å². The van der Waals surface area contributed by atoms with E-state index in [9.17, 15) is 25.2 Å². The summed E-state index contributed by atoms with van der Waals surface area (Å²) in [5.41, 5.74) is 0.139. The topological polar surface area (TPSA) is 148 Å². The monoisotopic (exact) mass is 418 g/mol. The van der Waals surface area contributed by atoms with Crippen LogP contribution in [-0.4, -0.2) is 64.5 Å². The molecule has 0 bridgehead atoms. The summed E-state index contributed by atoms with van der Waals surface area (Å²) in [4.78, 5) is 13.2. The smallest absolute Gasteiger partial charge is 0.231 e. The Kier molecular flexibility index (Phi) is 4.53. The molecule has 0 spiro atoms. The maximum Gasteiger partial charge on any atom is 0.231 e. The fourth-order valence-corrected chi connectivity index (χ4v) is 3.68. The van der Waals surface area contributed by atoms with Crippen LogP contribution >= 0.6 is 0 Å². The molecule has 5 unspecified atom stereocenters. The third-order valence-corrected chi connectivity index (χ3v) is 5.24. The van der Waals surface area contributed by atoms with Crippen LogP contribution < -0.4 is 19.6 Å². The number of aliphatic hydroxyl groups excluding tert-OH is 4. The van der Waals surface area contributed by atoms with Gasteiger partial charge in [0, 0.05) is 6.07 Å². The highest BCUT2D eigenvalue weighted by atomic mass is 16.7. The number of hydrogen-bond acceptors (Lipinski definition) is 10. The van der Waals surface area contributed by atoms with Crippen LogP contribution in [0.4, 0.5) is 0 Å². The molecule has 4 N–H and O–H groups in total. The molecule has 0 aliphatic carbocycles. The van der Waals surface area contributed by atoms with E-state index in [-0.39, 0.29) is 35.0 Å². The zero-order valence-electron chi connectivity index (χ0n) is 15.4. The quantitative estimate of drug-likeness (QED) is 0.423. The van der Waals surface area contributed by atoms with Gasteiger partial charge in [-0.15, -0.1) is 0 Å². The molecule has 1 fully saturated rings. The number of fused-ring (bicyclic) bond motifs is 3. The lowest BCUT2D eigenvalue weighted by atomic mass is 9.99. The molecule has 2 aliphatic rings. The van der Waals surface area contributed by atoms with Crippen LogP contribution in [0.25, 0.3) is 21.9 Å². The first-order chi connectivity index (χ1) is 14.5. The fourth-order valence-electron chi connectivity index (χ4n) is 3.68. The minimum absolute atomic E-state index is 0.0370. The number of para-hydroxylation sites is 1. The molecule has 0 radical (unpaired) electrons. The second-order valence-electron chi connectivity index (χ2n) is 7.06. The standard InChI is InChI=1S/C20H18O10/c21-6-12-15(23)16(24)17(25)20(29-12)30-19-13-10(5-11-18(19)27-7-26-11)28-9-4-2-1-3-8(9)14(13)22/h1-5,12,15-17,20-21,23-25H,6-7H2. The van der Waals surface area contributed by atoms with Crippen LogP contribution in [0.1, 0.15) is 0 Å². The lowest BCUT2D eigenvalue weighted by molar-refractivity contribution is -0.277. The van der Waals surface area contributed by atoms with Gasteiger partial charge in [-0.05, 0) is 12.1 Å². The van der Waals surface area contributed by atoms with Crippen molar-refractivity contribution < 1.29 is 43.8 Å². The van der Waals surface area contributed by atoms with Gasteiger partial charge < -0.3 is 43.8 Å². The van der Waals surface area contributed by atoms with Gasteiger partial charge in [0.05, 0.1) is 12.0 Å². The number of ether oxygens (including phenoxy) is 4. The van der Waals surface area contributed by atoms with Crippen molar-refractivity contribution in [3.63, 3.8) is 0 Å². The Bertz CT molecular complexity index is 1170. The summed E-state index contributed by atoms with van der Waals surface area (Å²) in [7, 11) is 0. The largest absolute Gasteiger partial charge is 0.457 e. The zero-order valence-corrected chi connectivity index (χ0v) is 15.4. The first-order valence-electron chi connectivity index (χ1n) is 9.25. The van der Waals surface area contributed by atoms with Gasteiger partial charge in [0.25, 0.3) is 0 Å². The Balaban J connectivity index is 1.68. The molecule has 10 heteroatoms. The number of benzene rings is 2. The maximum absolute atomic E-state index is 13.2. The first kappa shape index (κ1) is 19.1. The van der Waals surface area contributed by atoms with Gasteiger partial charge in [0.15, 0.2) is 11.5 Å². The zero-order chi connectivity index (χ0) is 21.0. The van der Waals surface area contributed by atoms with Crippen LogP contribution in [0, 0.1) is 0 Å². The highest BCUT2D eigenvalue weighted by Crippen LogP contribution is 2.46. The van der Waals surface area contributed by atoms with E-state index in [0.29, 0.717) is 11.0 Å². The van der Waals surface area contributed by atoms with Gasteiger partial charge in [-0.3, -0.25) is 4.79 Å². The second-order valence-corrected chi connectivity index (χ2v) is 7.06. The van der Waals surface area contributed by atoms with Crippen molar-refractivity contribution >= 4 is 21.9 Å². The Labute approximate surface area is 168 Å². The molecule has 3 heterocycles. The number of rotatable bonds is 3. The van der Waals surface area contributed by atoms with E-state index in [1.807, 2.05) is 0 Å². The summed E-state index contributed by atoms with van der Waals surface area (Å²) in [5, 5.41) is 40.1. The minimum atomic E-state index is -1.66. The molecule has 30 heavy (non-hydrogen) atoms. The third kappa shape index (κ3) is 2.81. The van der Waals surface area contributed by atoms with Crippen LogP contribution in [0.15, 0.2) is 39.5 Å². The fraction of sp³-hybridized carbons (Fsp3) is 0.350. The summed E-state index contributed by atoms with van der Waals surface area (Å²) in [6.45, 7) is -0.741. The second kappa shape index (κ2) is 7.11. The summed E-state index contributed by atoms with van der Waals surface area (Å²) in [6, 6.07) is 8.18. The van der Waals surface area contributed by atoms with E-state index in [4.69, 9.17) is 23.4 Å². The molecule has 3 aromatic rings. The van der Waals surface area contributed by atoms with Crippen LogP contribution in [0.2, 0.25) is 0 Å². The summed E-state index contributed by atoms with van der Waals surface area (Å²) in [6.07, 6.45) is -7.53. The Morgan fingerprint density at radius 1 is 1.03 bits per heavy atom. The maximum atomic E-state index is 13.2. The average Bonchev–Trinajstić information content (AvgIpc) is 3.22. The van der Waals surface area contributed by atoms with Crippen molar-refractivity contribution in [1.29, 1.82) is 0 Å². The molecule has 10 nitrogen and oxygen atoms in total. The molecule has 0 amide bonds. The molecule has 0 saturated carbocycles. The van der Waals surface area contributed by atoms with Crippen molar-refractivity contribution in [3.8, 4) is 17.2 Å². The predicted molar refractivity (Wildman–Crippen MR) is 101 cm³/mol. The van der Waals surface area contributed by atoms with Gasteiger partial charge in [-0.25, -0.2) is 0 Å². The van der Waals surface area contributed by atoms with Gasteiger partial charge in [-0.1, -0.05) is 12.1 Å². The number of hydrogen-bond donors (Lipinski definition) is 4. The number of aliphatic hydroxyl groups is 4. The average molecular weight is 418 g/mol. The van der Waals surface area contributed by atoms with Crippen LogP contribution in [0.5, 0.6) is 17.2 Å². The highest BCUT2D eigenvalue weighted by Gasteiger charge is 2.45. The molecule has 5 rings (SSSR count). The molecule has 1 saturated heterocycles. The van der Waals surface area contributed by atoms with Crippen LogP contribution in [-0.2, 0) is 4.74 Å². The van der Waals surface area contributed by atoms with Crippen LogP contribution in [0.3, 0.4) is 0 Å². The molecular formula is C20H18O10. The highest BCUT2D eigenvalue weighted by molar-refractivity contribution is 5.96.